The number of Topliss-reactive ketones (excluding diaryl/α,β-unsaturated/α-hetero) is 1. The molecule has 5 heteroatoms. The highest BCUT2D eigenvalue weighted by Gasteiger charge is 2.27. The van der Waals surface area contributed by atoms with Gasteiger partial charge in [-0.15, -0.1) is 29.1 Å². The summed E-state index contributed by atoms with van der Waals surface area (Å²) in [4.78, 5) is 11.5. The topological polar surface area (TPSA) is 67.8 Å². The van der Waals surface area contributed by atoms with E-state index in [2.05, 4.69) is 10.2 Å². The highest BCUT2D eigenvalue weighted by molar-refractivity contribution is 14.0. The molecule has 2 N–H and O–H groups in total. The maximum Gasteiger partial charge on any atom is 0.153 e. The number of hydrogen-bond donors (Lipinski definition) is 1. The molecule has 0 heterocycles. The average Bonchev–Trinajstić information content (AvgIpc) is 2.36. The minimum atomic E-state index is -0.611. The van der Waals surface area contributed by atoms with Crippen molar-refractivity contribution in [2.45, 2.75) is 27.7 Å². The van der Waals surface area contributed by atoms with Crippen LogP contribution in [0.1, 0.15) is 33.3 Å². The minimum absolute atomic E-state index is 0. The lowest BCUT2D eigenvalue weighted by Crippen LogP contribution is -2.29. The Bertz CT molecular complexity index is 493. The number of nitrogens with two attached hydrogens (primary N) is 1. The molecule has 104 valence electrons. The van der Waals surface area contributed by atoms with Crippen molar-refractivity contribution < 1.29 is 4.79 Å². The fourth-order valence-electron chi connectivity index (χ4n) is 1.18. The molecule has 0 saturated carbocycles. The van der Waals surface area contributed by atoms with Crippen molar-refractivity contribution in [3.8, 4) is 0 Å². The van der Waals surface area contributed by atoms with Gasteiger partial charge in [0.1, 0.15) is 5.78 Å². The van der Waals surface area contributed by atoms with E-state index >= 15 is 0 Å². The second-order valence-corrected chi connectivity index (χ2v) is 4.72. The summed E-state index contributed by atoms with van der Waals surface area (Å²) in [6.45, 7) is 6.97. The number of rotatable bonds is 4. The highest BCUT2D eigenvalue weighted by atomic mass is 127. The molecule has 19 heavy (non-hydrogen) atoms. The predicted octanol–water partition coefficient (Wildman–Crippen LogP) is 3.00. The molecule has 0 atom stereocenters. The van der Waals surface area contributed by atoms with Gasteiger partial charge >= 0.3 is 0 Å². The van der Waals surface area contributed by atoms with E-state index in [-0.39, 0.29) is 29.8 Å². The third kappa shape index (κ3) is 4.74. The molecular formula is C14H20IN3O. The van der Waals surface area contributed by atoms with Crippen LogP contribution in [0.5, 0.6) is 0 Å². The predicted molar refractivity (Wildman–Crippen MR) is 90.2 cm³/mol. The lowest BCUT2D eigenvalue weighted by atomic mass is 9.84. The summed E-state index contributed by atoms with van der Waals surface area (Å²) in [7, 11) is 0. The second kappa shape index (κ2) is 7.37. The standard InChI is InChI=1S/C14H19N3O.HI/c1-10(14(3,4)11(2)18)16-17-13(15)12-8-6-5-7-9-12;/h5-9H,1-4H3,(H2,15,17);1H/b16-10-;. The minimum Gasteiger partial charge on any atom is -0.382 e. The Labute approximate surface area is 131 Å². The second-order valence-electron chi connectivity index (χ2n) is 4.72. The van der Waals surface area contributed by atoms with Gasteiger partial charge in [-0.25, -0.2) is 0 Å². The van der Waals surface area contributed by atoms with Gasteiger partial charge in [0.15, 0.2) is 5.84 Å². The van der Waals surface area contributed by atoms with Crippen molar-refractivity contribution in [2.24, 2.45) is 21.4 Å². The van der Waals surface area contributed by atoms with E-state index in [1.165, 1.54) is 0 Å². The molecule has 0 aliphatic rings. The highest BCUT2D eigenvalue weighted by Crippen LogP contribution is 2.18. The fraction of sp³-hybridized carbons (Fsp3) is 0.357. The number of carbonyl (C=O) groups excluding carboxylic acids is 1. The zero-order chi connectivity index (χ0) is 13.8. The molecule has 0 aliphatic heterocycles. The van der Waals surface area contributed by atoms with Crippen molar-refractivity contribution in [1.82, 2.24) is 0 Å². The van der Waals surface area contributed by atoms with E-state index in [1.807, 2.05) is 44.2 Å². The Hall–Kier alpha value is -1.24. The first-order valence-corrected chi connectivity index (χ1v) is 5.80. The lowest BCUT2D eigenvalue weighted by Gasteiger charge is -2.19. The van der Waals surface area contributed by atoms with Gasteiger partial charge in [-0.3, -0.25) is 4.79 Å². The number of benzene rings is 1. The van der Waals surface area contributed by atoms with Crippen LogP contribution in [0.2, 0.25) is 0 Å². The molecule has 0 aliphatic carbocycles. The zero-order valence-corrected chi connectivity index (χ0v) is 14.0. The zero-order valence-electron chi connectivity index (χ0n) is 11.7. The van der Waals surface area contributed by atoms with Crippen LogP contribution in [0.3, 0.4) is 0 Å². The summed E-state index contributed by atoms with van der Waals surface area (Å²) in [6.07, 6.45) is 0. The average molecular weight is 373 g/mol. The Morgan fingerprint density at radius 1 is 1.11 bits per heavy atom. The number of halogens is 1. The van der Waals surface area contributed by atoms with Crippen molar-refractivity contribution in [3.63, 3.8) is 0 Å². The van der Waals surface area contributed by atoms with Crippen LogP contribution in [-0.2, 0) is 4.79 Å². The fourth-order valence-corrected chi connectivity index (χ4v) is 1.18. The number of hydrogen-bond acceptors (Lipinski definition) is 3. The quantitative estimate of drug-likeness (QED) is 0.382. The normalized spacial score (nSPS) is 12.8. The first-order valence-electron chi connectivity index (χ1n) is 5.80. The van der Waals surface area contributed by atoms with Crippen molar-refractivity contribution in [1.29, 1.82) is 0 Å². The molecule has 0 spiro atoms. The van der Waals surface area contributed by atoms with Gasteiger partial charge in [0.25, 0.3) is 0 Å². The number of carbonyl (C=O) groups is 1. The third-order valence-electron chi connectivity index (χ3n) is 3.16. The largest absolute Gasteiger partial charge is 0.382 e. The number of ketones is 1. The Morgan fingerprint density at radius 3 is 2.11 bits per heavy atom. The van der Waals surface area contributed by atoms with Crippen LogP contribution < -0.4 is 5.73 Å². The molecule has 0 saturated heterocycles. The maximum absolute atomic E-state index is 11.5. The molecule has 0 fully saturated rings. The summed E-state index contributed by atoms with van der Waals surface area (Å²) in [6, 6.07) is 9.39. The van der Waals surface area contributed by atoms with Gasteiger partial charge in [0.05, 0.1) is 11.1 Å². The van der Waals surface area contributed by atoms with Crippen molar-refractivity contribution in [2.75, 3.05) is 0 Å². The Balaban J connectivity index is 0.00000324. The van der Waals surface area contributed by atoms with Crippen LogP contribution >= 0.6 is 24.0 Å². The van der Waals surface area contributed by atoms with Crippen LogP contribution in [0.4, 0.5) is 0 Å². The van der Waals surface area contributed by atoms with Crippen molar-refractivity contribution in [3.05, 3.63) is 35.9 Å². The third-order valence-corrected chi connectivity index (χ3v) is 3.16. The van der Waals surface area contributed by atoms with E-state index in [4.69, 9.17) is 5.73 Å². The molecule has 4 nitrogen and oxygen atoms in total. The summed E-state index contributed by atoms with van der Waals surface area (Å²) in [5.41, 5.74) is 6.67. The Kier molecular flexibility index (Phi) is 6.89. The van der Waals surface area contributed by atoms with E-state index < -0.39 is 5.41 Å². The molecule has 1 aromatic carbocycles. The molecule has 0 unspecified atom stereocenters. The van der Waals surface area contributed by atoms with E-state index in [1.54, 1.807) is 13.8 Å². The van der Waals surface area contributed by atoms with E-state index in [0.29, 0.717) is 11.5 Å². The lowest BCUT2D eigenvalue weighted by molar-refractivity contribution is -0.121. The first-order chi connectivity index (χ1) is 8.35. The number of amidine groups is 1. The summed E-state index contributed by atoms with van der Waals surface area (Å²) >= 11 is 0. The summed E-state index contributed by atoms with van der Waals surface area (Å²) in [5.74, 6) is 0.395. The SMILES string of the molecule is CC(=O)C(C)(C)/C(C)=N\N=C(\N)c1ccccc1.I. The molecule has 0 amide bonds. The van der Waals surface area contributed by atoms with E-state index in [0.717, 1.165) is 5.56 Å². The van der Waals surface area contributed by atoms with Crippen LogP contribution in [0.25, 0.3) is 0 Å². The van der Waals surface area contributed by atoms with Crippen molar-refractivity contribution >= 4 is 41.3 Å². The van der Waals surface area contributed by atoms with Gasteiger partial charge in [-0.2, -0.15) is 5.10 Å². The van der Waals surface area contributed by atoms with E-state index in [9.17, 15) is 4.79 Å². The molecule has 0 bridgehead atoms. The van der Waals surface area contributed by atoms with Gasteiger partial charge in [0, 0.05) is 5.56 Å². The monoisotopic (exact) mass is 373 g/mol. The molecule has 0 aromatic heterocycles. The van der Waals surface area contributed by atoms with Crippen LogP contribution in [0.15, 0.2) is 40.5 Å². The first kappa shape index (κ1) is 17.8. The molecule has 1 rings (SSSR count). The van der Waals surface area contributed by atoms with Gasteiger partial charge in [-0.1, -0.05) is 30.3 Å². The number of nitrogens with zero attached hydrogens (tertiary/aromatic N) is 2. The van der Waals surface area contributed by atoms with Gasteiger partial charge in [0.2, 0.25) is 0 Å². The summed E-state index contributed by atoms with van der Waals surface area (Å²) in [5, 5.41) is 8.03. The van der Waals surface area contributed by atoms with Gasteiger partial charge in [-0.05, 0) is 27.7 Å². The maximum atomic E-state index is 11.5. The van der Waals surface area contributed by atoms with Gasteiger partial charge < -0.3 is 5.73 Å². The molecule has 1 aromatic rings. The van der Waals surface area contributed by atoms with Crippen LogP contribution in [0, 0.1) is 5.41 Å². The molecular weight excluding hydrogens is 353 g/mol. The van der Waals surface area contributed by atoms with Crippen LogP contribution in [-0.4, -0.2) is 17.3 Å². The smallest absolute Gasteiger partial charge is 0.153 e. The summed E-state index contributed by atoms with van der Waals surface area (Å²) < 4.78 is 0. The Morgan fingerprint density at radius 2 is 1.63 bits per heavy atom. The molecule has 0 radical (unpaired) electrons.